The van der Waals surface area contributed by atoms with E-state index in [1.807, 2.05) is 0 Å². The predicted octanol–water partition coefficient (Wildman–Crippen LogP) is 0.459. The Balaban J connectivity index is 1.86. The minimum atomic E-state index is 0.769. The van der Waals surface area contributed by atoms with E-state index in [4.69, 9.17) is 4.74 Å². The maximum atomic E-state index is 5.13. The van der Waals surface area contributed by atoms with Crippen LogP contribution in [0, 0.1) is 0 Å². The quantitative estimate of drug-likeness (QED) is 0.689. The second kappa shape index (κ2) is 4.40. The summed E-state index contributed by atoms with van der Waals surface area (Å²) in [6.07, 6.45) is 4.14. The van der Waals surface area contributed by atoms with Gasteiger partial charge in [0.15, 0.2) is 0 Å². The standard InChI is InChI=1S/C10H20N2O/c1-13-8-7-12-6-5-11-9-3-2-4-10(9)12/h9-11H,2-8H2,1H3/t9-,10+/m1/s1. The Hall–Kier alpha value is -0.120. The number of nitrogens with one attached hydrogen (secondary N) is 1. The van der Waals surface area contributed by atoms with Crippen LogP contribution < -0.4 is 5.32 Å². The molecule has 13 heavy (non-hydrogen) atoms. The number of fused-ring (bicyclic) bond motifs is 1. The van der Waals surface area contributed by atoms with Crippen LogP contribution in [-0.2, 0) is 4.74 Å². The average molecular weight is 184 g/mol. The summed E-state index contributed by atoms with van der Waals surface area (Å²) in [5.74, 6) is 0. The molecule has 0 aromatic heterocycles. The van der Waals surface area contributed by atoms with E-state index in [0.29, 0.717) is 0 Å². The van der Waals surface area contributed by atoms with Gasteiger partial charge in [0.05, 0.1) is 6.61 Å². The molecule has 1 saturated heterocycles. The number of nitrogens with zero attached hydrogens (tertiary/aromatic N) is 1. The summed E-state index contributed by atoms with van der Waals surface area (Å²) in [4.78, 5) is 2.59. The van der Waals surface area contributed by atoms with E-state index in [9.17, 15) is 0 Å². The van der Waals surface area contributed by atoms with Crippen LogP contribution in [-0.4, -0.2) is 50.3 Å². The molecule has 0 bridgehead atoms. The summed E-state index contributed by atoms with van der Waals surface area (Å²) in [7, 11) is 1.79. The molecule has 1 saturated carbocycles. The van der Waals surface area contributed by atoms with Crippen molar-refractivity contribution in [1.82, 2.24) is 10.2 Å². The van der Waals surface area contributed by atoms with Gasteiger partial charge in [-0.15, -0.1) is 0 Å². The topological polar surface area (TPSA) is 24.5 Å². The number of piperazine rings is 1. The van der Waals surface area contributed by atoms with Crippen molar-refractivity contribution in [2.24, 2.45) is 0 Å². The number of ether oxygens (including phenoxy) is 1. The van der Waals surface area contributed by atoms with Gasteiger partial charge >= 0.3 is 0 Å². The van der Waals surface area contributed by atoms with Crippen molar-refractivity contribution in [3.8, 4) is 0 Å². The average Bonchev–Trinajstić information content (AvgIpc) is 2.62. The molecular formula is C10H20N2O. The molecule has 3 nitrogen and oxygen atoms in total. The zero-order chi connectivity index (χ0) is 9.10. The zero-order valence-corrected chi connectivity index (χ0v) is 8.46. The second-order valence-electron chi connectivity index (χ2n) is 4.09. The molecule has 0 aromatic carbocycles. The third kappa shape index (κ3) is 2.03. The van der Waals surface area contributed by atoms with Gasteiger partial charge in [-0.25, -0.2) is 0 Å². The maximum absolute atomic E-state index is 5.13. The van der Waals surface area contributed by atoms with E-state index in [-0.39, 0.29) is 0 Å². The molecule has 1 N–H and O–H groups in total. The van der Waals surface area contributed by atoms with Gasteiger partial charge in [0, 0.05) is 38.8 Å². The lowest BCUT2D eigenvalue weighted by Crippen LogP contribution is -2.55. The highest BCUT2D eigenvalue weighted by Gasteiger charge is 2.34. The van der Waals surface area contributed by atoms with E-state index in [2.05, 4.69) is 10.2 Å². The summed E-state index contributed by atoms with van der Waals surface area (Å²) in [6, 6.07) is 1.56. The van der Waals surface area contributed by atoms with Crippen molar-refractivity contribution in [3.05, 3.63) is 0 Å². The first-order valence-electron chi connectivity index (χ1n) is 5.38. The van der Waals surface area contributed by atoms with Crippen LogP contribution in [0.2, 0.25) is 0 Å². The molecule has 0 radical (unpaired) electrons. The Morgan fingerprint density at radius 1 is 1.46 bits per heavy atom. The summed E-state index contributed by atoms with van der Waals surface area (Å²) >= 11 is 0. The monoisotopic (exact) mass is 184 g/mol. The molecule has 1 aliphatic heterocycles. The van der Waals surface area contributed by atoms with E-state index in [1.165, 1.54) is 25.8 Å². The van der Waals surface area contributed by atoms with E-state index < -0.39 is 0 Å². The normalized spacial score (nSPS) is 34.8. The van der Waals surface area contributed by atoms with Crippen molar-refractivity contribution in [2.75, 3.05) is 33.4 Å². The molecule has 0 unspecified atom stereocenters. The van der Waals surface area contributed by atoms with Crippen molar-refractivity contribution in [2.45, 2.75) is 31.3 Å². The number of hydrogen-bond acceptors (Lipinski definition) is 3. The fourth-order valence-corrected chi connectivity index (χ4v) is 2.66. The Morgan fingerprint density at radius 3 is 3.23 bits per heavy atom. The Morgan fingerprint density at radius 2 is 2.38 bits per heavy atom. The van der Waals surface area contributed by atoms with Crippen molar-refractivity contribution in [1.29, 1.82) is 0 Å². The second-order valence-corrected chi connectivity index (χ2v) is 4.09. The summed E-state index contributed by atoms with van der Waals surface area (Å²) in [6.45, 7) is 4.35. The van der Waals surface area contributed by atoms with Crippen molar-refractivity contribution < 1.29 is 4.74 Å². The first-order valence-corrected chi connectivity index (χ1v) is 5.38. The minimum Gasteiger partial charge on any atom is -0.383 e. The molecule has 2 aliphatic rings. The number of rotatable bonds is 3. The lowest BCUT2D eigenvalue weighted by atomic mass is 10.1. The van der Waals surface area contributed by atoms with Gasteiger partial charge in [0.25, 0.3) is 0 Å². The van der Waals surface area contributed by atoms with Gasteiger partial charge in [-0.2, -0.15) is 0 Å². The Labute approximate surface area is 80.4 Å². The number of methoxy groups -OCH3 is 1. The van der Waals surface area contributed by atoms with E-state index in [1.54, 1.807) is 7.11 Å². The summed E-state index contributed by atoms with van der Waals surface area (Å²) < 4.78 is 5.13. The highest BCUT2D eigenvalue weighted by Crippen LogP contribution is 2.25. The highest BCUT2D eigenvalue weighted by atomic mass is 16.5. The first kappa shape index (κ1) is 9.44. The van der Waals surface area contributed by atoms with Gasteiger partial charge in [-0.3, -0.25) is 4.90 Å². The molecule has 1 aliphatic carbocycles. The third-order valence-corrected chi connectivity index (χ3v) is 3.34. The molecule has 0 aromatic rings. The van der Waals surface area contributed by atoms with Crippen LogP contribution in [0.25, 0.3) is 0 Å². The van der Waals surface area contributed by atoms with Crippen molar-refractivity contribution in [3.63, 3.8) is 0 Å². The largest absolute Gasteiger partial charge is 0.383 e. The Kier molecular flexibility index (Phi) is 3.19. The lowest BCUT2D eigenvalue weighted by Gasteiger charge is -2.38. The molecule has 76 valence electrons. The van der Waals surface area contributed by atoms with Crippen LogP contribution in [0.1, 0.15) is 19.3 Å². The molecule has 3 heteroatoms. The SMILES string of the molecule is COCCN1CCN[C@@H]2CCC[C@@H]21. The van der Waals surface area contributed by atoms with Crippen molar-refractivity contribution >= 4 is 0 Å². The fraction of sp³-hybridized carbons (Fsp3) is 1.00. The van der Waals surface area contributed by atoms with Crippen LogP contribution in [0.5, 0.6) is 0 Å². The molecule has 1 heterocycles. The van der Waals surface area contributed by atoms with Crippen LogP contribution >= 0.6 is 0 Å². The maximum Gasteiger partial charge on any atom is 0.0589 e. The third-order valence-electron chi connectivity index (χ3n) is 3.34. The molecule has 0 spiro atoms. The van der Waals surface area contributed by atoms with Crippen LogP contribution in [0.3, 0.4) is 0 Å². The molecule has 0 amide bonds. The van der Waals surface area contributed by atoms with Gasteiger partial charge in [-0.1, -0.05) is 6.42 Å². The minimum absolute atomic E-state index is 0.769. The fourth-order valence-electron chi connectivity index (χ4n) is 2.66. The molecule has 2 fully saturated rings. The lowest BCUT2D eigenvalue weighted by molar-refractivity contribution is 0.0910. The Bertz CT molecular complexity index is 163. The smallest absolute Gasteiger partial charge is 0.0589 e. The molecule has 2 atom stereocenters. The van der Waals surface area contributed by atoms with Gasteiger partial charge in [0.1, 0.15) is 0 Å². The van der Waals surface area contributed by atoms with Gasteiger partial charge in [-0.05, 0) is 12.8 Å². The van der Waals surface area contributed by atoms with Gasteiger partial charge < -0.3 is 10.1 Å². The van der Waals surface area contributed by atoms with Crippen LogP contribution in [0.4, 0.5) is 0 Å². The zero-order valence-electron chi connectivity index (χ0n) is 8.46. The number of hydrogen-bond donors (Lipinski definition) is 1. The van der Waals surface area contributed by atoms with Gasteiger partial charge in [0.2, 0.25) is 0 Å². The van der Waals surface area contributed by atoms with E-state index in [0.717, 1.165) is 31.8 Å². The highest BCUT2D eigenvalue weighted by molar-refractivity contribution is 4.93. The molecular weight excluding hydrogens is 164 g/mol. The molecule has 2 rings (SSSR count). The first-order chi connectivity index (χ1) is 6.42. The van der Waals surface area contributed by atoms with E-state index >= 15 is 0 Å². The predicted molar refractivity (Wildman–Crippen MR) is 52.9 cm³/mol. The summed E-state index contributed by atoms with van der Waals surface area (Å²) in [5, 5.41) is 3.60. The van der Waals surface area contributed by atoms with Crippen LogP contribution in [0.15, 0.2) is 0 Å². The summed E-state index contributed by atoms with van der Waals surface area (Å²) in [5.41, 5.74) is 0.